The molecule has 11 aromatic rings. The van der Waals surface area contributed by atoms with Crippen LogP contribution in [0.4, 0.5) is 0 Å². The normalized spacial score (nSPS) is 12.9. The van der Waals surface area contributed by atoms with Gasteiger partial charge in [-0.3, -0.25) is 0 Å². The summed E-state index contributed by atoms with van der Waals surface area (Å²) in [5.41, 5.74) is 18.0. The molecule has 4 heteroatoms. The average Bonchev–Trinajstić information content (AvgIpc) is 3.84. The number of pyridine rings is 1. The first kappa shape index (κ1) is 35.4. The maximum atomic E-state index is 5.48. The molecule has 0 fully saturated rings. The van der Waals surface area contributed by atoms with Crippen LogP contribution in [-0.2, 0) is 5.41 Å². The molecule has 0 saturated carbocycles. The Bertz CT molecular complexity index is 3570. The maximum Gasteiger partial charge on any atom is 0.164 e. The van der Waals surface area contributed by atoms with Crippen LogP contribution in [-0.4, -0.2) is 19.9 Å². The van der Waals surface area contributed by atoms with Crippen LogP contribution in [0.15, 0.2) is 218 Å². The van der Waals surface area contributed by atoms with Crippen molar-refractivity contribution < 1.29 is 0 Å². The average molecular weight is 801 g/mol. The lowest BCUT2D eigenvalue weighted by molar-refractivity contribution is 0.801. The first-order valence-corrected chi connectivity index (χ1v) is 21.5. The summed E-state index contributed by atoms with van der Waals surface area (Å²) in [4.78, 5) is 20.5. The molecular formula is C59H36N4. The lowest BCUT2D eigenvalue weighted by atomic mass is 9.69. The van der Waals surface area contributed by atoms with Gasteiger partial charge < -0.3 is 0 Å². The first-order chi connectivity index (χ1) is 31.2. The minimum Gasteiger partial charge on any atom is -0.247 e. The van der Waals surface area contributed by atoms with E-state index in [0.717, 1.165) is 50.0 Å². The molecule has 13 rings (SSSR count). The molecule has 4 nitrogen and oxygen atoms in total. The van der Waals surface area contributed by atoms with Gasteiger partial charge in [-0.1, -0.05) is 206 Å². The summed E-state index contributed by atoms with van der Waals surface area (Å²) in [6, 6.07) is 78.0. The molecule has 0 amide bonds. The lowest BCUT2D eigenvalue weighted by Gasteiger charge is -2.31. The molecule has 1 spiro atoms. The topological polar surface area (TPSA) is 51.6 Å². The second kappa shape index (κ2) is 13.8. The molecule has 0 bridgehead atoms. The van der Waals surface area contributed by atoms with Gasteiger partial charge in [0.25, 0.3) is 0 Å². The van der Waals surface area contributed by atoms with Crippen LogP contribution in [0.1, 0.15) is 22.3 Å². The van der Waals surface area contributed by atoms with Gasteiger partial charge in [-0.2, -0.15) is 0 Å². The molecule has 0 unspecified atom stereocenters. The molecule has 2 heterocycles. The molecule has 2 aliphatic rings. The van der Waals surface area contributed by atoms with Crippen molar-refractivity contribution in [3.63, 3.8) is 0 Å². The molecule has 9 aromatic carbocycles. The van der Waals surface area contributed by atoms with Crippen molar-refractivity contribution >= 4 is 21.7 Å². The van der Waals surface area contributed by atoms with Gasteiger partial charge in [0, 0.05) is 33.2 Å². The Morgan fingerprint density at radius 1 is 0.302 bits per heavy atom. The molecule has 0 saturated heterocycles. The van der Waals surface area contributed by atoms with Gasteiger partial charge in [0.2, 0.25) is 0 Å². The molecule has 0 aliphatic heterocycles. The van der Waals surface area contributed by atoms with E-state index in [1.807, 2.05) is 30.3 Å². The van der Waals surface area contributed by atoms with Crippen molar-refractivity contribution in [3.05, 3.63) is 241 Å². The van der Waals surface area contributed by atoms with Crippen LogP contribution in [0, 0.1) is 0 Å². The largest absolute Gasteiger partial charge is 0.247 e. The Balaban J connectivity index is 0.910. The second-order valence-electron chi connectivity index (χ2n) is 16.5. The van der Waals surface area contributed by atoms with Crippen LogP contribution >= 0.6 is 0 Å². The van der Waals surface area contributed by atoms with E-state index in [9.17, 15) is 0 Å². The van der Waals surface area contributed by atoms with Crippen molar-refractivity contribution in [2.24, 2.45) is 0 Å². The summed E-state index contributed by atoms with van der Waals surface area (Å²) in [6.45, 7) is 0. The lowest BCUT2D eigenvalue weighted by Crippen LogP contribution is -2.26. The van der Waals surface area contributed by atoms with Crippen LogP contribution < -0.4 is 0 Å². The van der Waals surface area contributed by atoms with Gasteiger partial charge in [-0.25, -0.2) is 19.9 Å². The van der Waals surface area contributed by atoms with Crippen LogP contribution in [0.2, 0.25) is 0 Å². The quantitative estimate of drug-likeness (QED) is 0.174. The Labute approximate surface area is 364 Å². The Morgan fingerprint density at radius 2 is 0.762 bits per heavy atom. The Hall–Kier alpha value is -8.34. The van der Waals surface area contributed by atoms with Gasteiger partial charge in [0.1, 0.15) is 0 Å². The number of aromatic nitrogens is 4. The second-order valence-corrected chi connectivity index (χ2v) is 16.5. The van der Waals surface area contributed by atoms with Crippen LogP contribution in [0.25, 0.3) is 100 Å². The number of benzene rings is 9. The van der Waals surface area contributed by atoms with Gasteiger partial charge >= 0.3 is 0 Å². The van der Waals surface area contributed by atoms with E-state index in [1.54, 1.807) is 0 Å². The zero-order valence-corrected chi connectivity index (χ0v) is 34.1. The van der Waals surface area contributed by atoms with E-state index in [1.165, 1.54) is 55.3 Å². The third kappa shape index (κ3) is 5.35. The van der Waals surface area contributed by atoms with Crippen molar-refractivity contribution in [2.45, 2.75) is 5.41 Å². The number of hydrogen-bond donors (Lipinski definition) is 0. The van der Waals surface area contributed by atoms with E-state index in [0.29, 0.717) is 17.5 Å². The minimum atomic E-state index is -0.464. The van der Waals surface area contributed by atoms with Crippen molar-refractivity contribution in [3.8, 4) is 78.8 Å². The first-order valence-electron chi connectivity index (χ1n) is 21.5. The predicted octanol–water partition coefficient (Wildman–Crippen LogP) is 14.3. The number of hydrogen-bond acceptors (Lipinski definition) is 4. The highest BCUT2D eigenvalue weighted by Crippen LogP contribution is 2.65. The fraction of sp³-hybridized carbons (Fsp3) is 0.0169. The Kier molecular flexibility index (Phi) is 7.79. The van der Waals surface area contributed by atoms with Crippen LogP contribution in [0.5, 0.6) is 0 Å². The zero-order chi connectivity index (χ0) is 41.5. The summed E-state index contributed by atoms with van der Waals surface area (Å²) in [5.74, 6) is 1.93. The monoisotopic (exact) mass is 800 g/mol. The van der Waals surface area contributed by atoms with Gasteiger partial charge in [0.05, 0.1) is 16.6 Å². The molecule has 63 heavy (non-hydrogen) atoms. The van der Waals surface area contributed by atoms with E-state index < -0.39 is 5.41 Å². The zero-order valence-electron chi connectivity index (χ0n) is 34.1. The van der Waals surface area contributed by atoms with Crippen LogP contribution in [0.3, 0.4) is 0 Å². The van der Waals surface area contributed by atoms with E-state index >= 15 is 0 Å². The Morgan fingerprint density at radius 3 is 1.43 bits per heavy atom. The standard InChI is InChI=1S/C59H36N4/c1-2-15-41(16-3-1)56-61-57(63-58(62-56)44-35-30-37-14-4-5-17-43(37)36-44)42-33-28-39(29-34-42)38-26-31-40(32-27-38)55-53-47-20-8-12-24-51(47)59(54(53)48-21-9-13-25-52(48)60-55)49-22-10-6-18-45(49)46-19-7-11-23-50(46)59/h1-36H. The summed E-state index contributed by atoms with van der Waals surface area (Å²) < 4.78 is 0. The fourth-order valence-electron chi connectivity index (χ4n) is 10.3. The summed E-state index contributed by atoms with van der Waals surface area (Å²) >= 11 is 0. The third-order valence-electron chi connectivity index (χ3n) is 13.1. The maximum absolute atomic E-state index is 5.48. The number of rotatable bonds is 5. The van der Waals surface area contributed by atoms with Gasteiger partial charge in [0.15, 0.2) is 17.5 Å². The highest BCUT2D eigenvalue weighted by Gasteiger charge is 2.53. The molecule has 0 radical (unpaired) electrons. The molecule has 0 N–H and O–H groups in total. The fourth-order valence-corrected chi connectivity index (χ4v) is 10.3. The van der Waals surface area contributed by atoms with Gasteiger partial charge in [-0.15, -0.1) is 0 Å². The molecule has 2 aliphatic carbocycles. The van der Waals surface area contributed by atoms with E-state index in [4.69, 9.17) is 19.9 Å². The van der Waals surface area contributed by atoms with Gasteiger partial charge in [-0.05, 0) is 73.0 Å². The summed E-state index contributed by atoms with van der Waals surface area (Å²) in [5, 5.41) is 3.52. The van der Waals surface area contributed by atoms with E-state index in [2.05, 4.69) is 188 Å². The highest BCUT2D eigenvalue weighted by molar-refractivity contribution is 6.06. The number of nitrogens with zero attached hydrogens (tertiary/aromatic N) is 4. The minimum absolute atomic E-state index is 0.464. The summed E-state index contributed by atoms with van der Waals surface area (Å²) in [7, 11) is 0. The van der Waals surface area contributed by atoms with Crippen molar-refractivity contribution in [2.75, 3.05) is 0 Å². The predicted molar refractivity (Wildman–Crippen MR) is 256 cm³/mol. The van der Waals surface area contributed by atoms with E-state index in [-0.39, 0.29) is 0 Å². The number of para-hydroxylation sites is 1. The molecule has 2 aromatic heterocycles. The third-order valence-corrected chi connectivity index (χ3v) is 13.1. The summed E-state index contributed by atoms with van der Waals surface area (Å²) in [6.07, 6.45) is 0. The SMILES string of the molecule is c1ccc(-c2nc(-c3ccc(-c4ccc(-c5nc6ccccc6c6c5-c5ccccc5C65c6ccccc6-c6ccccc65)cc4)cc3)nc(-c3ccc4ccccc4c3)n2)cc1. The smallest absolute Gasteiger partial charge is 0.164 e. The number of fused-ring (bicyclic) bond motifs is 13. The molecule has 0 atom stereocenters. The van der Waals surface area contributed by atoms with Crippen molar-refractivity contribution in [1.82, 2.24) is 19.9 Å². The molecular weight excluding hydrogens is 765 g/mol. The molecule has 292 valence electrons. The van der Waals surface area contributed by atoms with Crippen molar-refractivity contribution in [1.29, 1.82) is 0 Å². The highest BCUT2D eigenvalue weighted by atomic mass is 15.0.